The van der Waals surface area contributed by atoms with Crippen LogP contribution in [-0.2, 0) is 13.5 Å². The number of aromatic nitrogens is 7. The third-order valence-electron chi connectivity index (χ3n) is 3.97. The Morgan fingerprint density at radius 2 is 2.04 bits per heavy atom. The second-order valence-electron chi connectivity index (χ2n) is 6.07. The van der Waals surface area contributed by atoms with Crippen LogP contribution in [-0.4, -0.2) is 34.5 Å². The average Bonchev–Trinajstić information content (AvgIpc) is 3.24. The number of fused-ring (bicyclic) bond motifs is 1. The molecule has 0 spiro atoms. The van der Waals surface area contributed by atoms with Crippen LogP contribution in [0.2, 0.25) is 0 Å². The molecule has 4 aromatic rings. The molecule has 132 valence electrons. The number of anilines is 1. The van der Waals surface area contributed by atoms with Gasteiger partial charge in [-0.25, -0.2) is 24.3 Å². The molecule has 0 aliphatic heterocycles. The van der Waals surface area contributed by atoms with E-state index in [1.807, 2.05) is 37.0 Å². The van der Waals surface area contributed by atoms with Gasteiger partial charge in [-0.15, -0.1) is 0 Å². The Balaban J connectivity index is 1.63. The molecule has 0 aliphatic rings. The molecule has 0 saturated carbocycles. The smallest absolute Gasteiger partial charge is 0.225 e. The van der Waals surface area contributed by atoms with Crippen molar-refractivity contribution in [3.8, 4) is 0 Å². The number of hydrogen-bond donors (Lipinski definition) is 2. The SMILES string of the molecule is C[C@H](Nc1nc(Cc2cn(C)cn2)c2cc[nH]c2n1)c1ncc(F)cn1. The van der Waals surface area contributed by atoms with E-state index in [9.17, 15) is 4.39 Å². The number of aromatic amines is 1. The van der Waals surface area contributed by atoms with Crippen molar-refractivity contribution < 1.29 is 4.39 Å². The average molecular weight is 352 g/mol. The van der Waals surface area contributed by atoms with E-state index in [0.29, 0.717) is 18.2 Å². The molecule has 4 heterocycles. The Kier molecular flexibility index (Phi) is 4.04. The van der Waals surface area contributed by atoms with Crippen LogP contribution in [0.15, 0.2) is 37.2 Å². The van der Waals surface area contributed by atoms with E-state index in [-0.39, 0.29) is 6.04 Å². The van der Waals surface area contributed by atoms with Gasteiger partial charge >= 0.3 is 0 Å². The van der Waals surface area contributed by atoms with Crippen molar-refractivity contribution in [2.24, 2.45) is 7.05 Å². The Bertz CT molecular complexity index is 1040. The summed E-state index contributed by atoms with van der Waals surface area (Å²) in [5, 5.41) is 4.13. The first-order valence-electron chi connectivity index (χ1n) is 8.13. The number of nitrogens with zero attached hydrogens (tertiary/aromatic N) is 6. The van der Waals surface area contributed by atoms with Gasteiger partial charge in [0, 0.05) is 31.2 Å². The van der Waals surface area contributed by atoms with Crippen molar-refractivity contribution in [2.45, 2.75) is 19.4 Å². The minimum absolute atomic E-state index is 0.272. The Hall–Kier alpha value is -3.36. The van der Waals surface area contributed by atoms with Gasteiger partial charge < -0.3 is 14.9 Å². The molecule has 0 fully saturated rings. The molecule has 0 amide bonds. The zero-order chi connectivity index (χ0) is 18.1. The summed E-state index contributed by atoms with van der Waals surface area (Å²) in [7, 11) is 1.93. The first kappa shape index (κ1) is 16.1. The van der Waals surface area contributed by atoms with Crippen molar-refractivity contribution in [2.75, 3.05) is 5.32 Å². The van der Waals surface area contributed by atoms with E-state index in [1.165, 1.54) is 0 Å². The summed E-state index contributed by atoms with van der Waals surface area (Å²) in [5.74, 6) is 0.446. The quantitative estimate of drug-likeness (QED) is 0.572. The molecule has 4 rings (SSSR count). The maximum absolute atomic E-state index is 13.0. The normalized spacial score (nSPS) is 12.4. The summed E-state index contributed by atoms with van der Waals surface area (Å²) < 4.78 is 14.9. The number of nitrogens with one attached hydrogen (secondary N) is 2. The third kappa shape index (κ3) is 3.23. The van der Waals surface area contributed by atoms with Gasteiger partial charge in [-0.05, 0) is 13.0 Å². The molecular formula is C17H17FN8. The van der Waals surface area contributed by atoms with Crippen LogP contribution in [0.25, 0.3) is 11.0 Å². The lowest BCUT2D eigenvalue weighted by molar-refractivity contribution is 0.604. The molecule has 0 aliphatic carbocycles. The molecule has 0 aromatic carbocycles. The first-order valence-corrected chi connectivity index (χ1v) is 8.13. The molecule has 0 saturated heterocycles. The van der Waals surface area contributed by atoms with Gasteiger partial charge in [0.15, 0.2) is 5.82 Å². The summed E-state index contributed by atoms with van der Waals surface area (Å²) in [6.07, 6.45) is 8.43. The lowest BCUT2D eigenvalue weighted by atomic mass is 10.2. The molecule has 0 radical (unpaired) electrons. The predicted molar refractivity (Wildman–Crippen MR) is 93.9 cm³/mol. The van der Waals surface area contributed by atoms with E-state index in [1.54, 1.807) is 6.33 Å². The van der Waals surface area contributed by atoms with Crippen LogP contribution in [0.5, 0.6) is 0 Å². The van der Waals surface area contributed by atoms with Crippen molar-refractivity contribution in [1.82, 2.24) is 34.5 Å². The van der Waals surface area contributed by atoms with Gasteiger partial charge in [0.05, 0.1) is 36.2 Å². The lowest BCUT2D eigenvalue weighted by Gasteiger charge is -2.13. The number of aryl methyl sites for hydroxylation is 1. The maximum Gasteiger partial charge on any atom is 0.225 e. The number of hydrogen-bond acceptors (Lipinski definition) is 6. The summed E-state index contributed by atoms with van der Waals surface area (Å²) in [6.45, 7) is 1.87. The molecule has 4 aromatic heterocycles. The van der Waals surface area contributed by atoms with Gasteiger partial charge in [0.2, 0.25) is 5.95 Å². The fourth-order valence-electron chi connectivity index (χ4n) is 2.74. The lowest BCUT2D eigenvalue weighted by Crippen LogP contribution is -2.13. The van der Waals surface area contributed by atoms with Crippen molar-refractivity contribution in [3.05, 3.63) is 60.2 Å². The second-order valence-corrected chi connectivity index (χ2v) is 6.07. The van der Waals surface area contributed by atoms with E-state index < -0.39 is 5.82 Å². The molecule has 8 nitrogen and oxygen atoms in total. The molecule has 2 N–H and O–H groups in total. The van der Waals surface area contributed by atoms with E-state index in [4.69, 9.17) is 0 Å². The van der Waals surface area contributed by atoms with Crippen molar-refractivity contribution >= 4 is 17.0 Å². The molecular weight excluding hydrogens is 335 g/mol. The molecule has 1 atom stereocenters. The summed E-state index contributed by atoms with van der Waals surface area (Å²) in [6, 6.07) is 1.68. The summed E-state index contributed by atoms with van der Waals surface area (Å²) in [5.41, 5.74) is 2.53. The van der Waals surface area contributed by atoms with Gasteiger partial charge in [-0.2, -0.15) is 4.98 Å². The summed E-state index contributed by atoms with van der Waals surface area (Å²) in [4.78, 5) is 24.6. The van der Waals surface area contributed by atoms with Crippen molar-refractivity contribution in [1.29, 1.82) is 0 Å². The van der Waals surface area contributed by atoms with Crippen LogP contribution in [0.1, 0.15) is 30.2 Å². The molecule has 0 unspecified atom stereocenters. The number of halogens is 1. The fourth-order valence-corrected chi connectivity index (χ4v) is 2.74. The van der Waals surface area contributed by atoms with Crippen LogP contribution in [0.3, 0.4) is 0 Å². The standard InChI is InChI=1S/C17H17FN8/c1-10(15-20-6-11(18)7-21-15)23-17-24-14(5-12-8-26(2)9-22-12)13-3-4-19-16(13)25-17/h3-4,6-10H,5H2,1-2H3,(H2,19,23,24,25)/t10-/m0/s1. The van der Waals surface area contributed by atoms with E-state index in [2.05, 4.69) is 35.2 Å². The molecule has 9 heteroatoms. The van der Waals surface area contributed by atoms with E-state index in [0.717, 1.165) is 34.8 Å². The van der Waals surface area contributed by atoms with Gasteiger partial charge in [-0.1, -0.05) is 0 Å². The van der Waals surface area contributed by atoms with Gasteiger partial charge in [-0.3, -0.25) is 0 Å². The highest BCUT2D eigenvalue weighted by Gasteiger charge is 2.14. The van der Waals surface area contributed by atoms with Crippen LogP contribution in [0.4, 0.5) is 10.3 Å². The van der Waals surface area contributed by atoms with Crippen LogP contribution < -0.4 is 5.32 Å². The minimum Gasteiger partial charge on any atom is -0.346 e. The minimum atomic E-state index is -0.470. The highest BCUT2D eigenvalue weighted by Crippen LogP contribution is 2.21. The first-order chi connectivity index (χ1) is 12.6. The Morgan fingerprint density at radius 1 is 1.23 bits per heavy atom. The highest BCUT2D eigenvalue weighted by molar-refractivity contribution is 5.79. The van der Waals surface area contributed by atoms with Gasteiger partial charge in [0.25, 0.3) is 0 Å². The van der Waals surface area contributed by atoms with Gasteiger partial charge in [0.1, 0.15) is 11.5 Å². The number of imidazole rings is 1. The third-order valence-corrected chi connectivity index (χ3v) is 3.97. The summed E-state index contributed by atoms with van der Waals surface area (Å²) >= 11 is 0. The van der Waals surface area contributed by atoms with Crippen molar-refractivity contribution in [3.63, 3.8) is 0 Å². The zero-order valence-electron chi connectivity index (χ0n) is 14.3. The molecule has 26 heavy (non-hydrogen) atoms. The molecule has 0 bridgehead atoms. The Labute approximate surface area is 148 Å². The Morgan fingerprint density at radius 3 is 2.77 bits per heavy atom. The van der Waals surface area contributed by atoms with Crippen LogP contribution in [0, 0.1) is 5.82 Å². The second kappa shape index (κ2) is 6.51. The largest absolute Gasteiger partial charge is 0.346 e. The van der Waals surface area contributed by atoms with Crippen LogP contribution >= 0.6 is 0 Å². The zero-order valence-corrected chi connectivity index (χ0v) is 14.3. The predicted octanol–water partition coefficient (Wildman–Crippen LogP) is 2.38. The monoisotopic (exact) mass is 352 g/mol. The van der Waals surface area contributed by atoms with E-state index >= 15 is 0 Å². The highest BCUT2D eigenvalue weighted by atomic mass is 19.1. The fraction of sp³-hybridized carbons (Fsp3) is 0.235. The maximum atomic E-state index is 13.0. The number of H-pyrrole nitrogens is 1. The number of rotatable bonds is 5. The topological polar surface area (TPSA) is 97.2 Å².